The van der Waals surface area contributed by atoms with Gasteiger partial charge in [0, 0.05) is 39.3 Å². The Hall–Kier alpha value is -1.62. The molecule has 1 saturated heterocycles. The van der Waals surface area contributed by atoms with Crippen molar-refractivity contribution in [3.8, 4) is 5.75 Å². The lowest BCUT2D eigenvalue weighted by atomic mass is 10.3. The van der Waals surface area contributed by atoms with E-state index in [9.17, 15) is 9.18 Å². The molecule has 0 spiro atoms. The lowest BCUT2D eigenvalue weighted by Gasteiger charge is -2.36. The molecular weight excluding hydrogens is 488 g/mol. The normalized spacial score (nSPS) is 16.2. The van der Waals surface area contributed by atoms with Crippen LogP contribution in [0.25, 0.3) is 0 Å². The van der Waals surface area contributed by atoms with Crippen molar-refractivity contribution >= 4 is 35.8 Å². The van der Waals surface area contributed by atoms with E-state index in [2.05, 4.69) is 25.4 Å². The third-order valence-electron chi connectivity index (χ3n) is 4.41. The Labute approximate surface area is 190 Å². The van der Waals surface area contributed by atoms with E-state index < -0.39 is 0 Å². The van der Waals surface area contributed by atoms with Gasteiger partial charge in [0.05, 0.1) is 13.1 Å². The van der Waals surface area contributed by atoms with Crippen molar-refractivity contribution in [2.24, 2.45) is 4.99 Å². The minimum Gasteiger partial charge on any atom is -0.486 e. The highest BCUT2D eigenvalue weighted by atomic mass is 127. The van der Waals surface area contributed by atoms with Crippen molar-refractivity contribution in [3.05, 3.63) is 30.1 Å². The fourth-order valence-electron chi connectivity index (χ4n) is 3.05. The molecule has 1 amide bonds. The van der Waals surface area contributed by atoms with Crippen LogP contribution in [0, 0.1) is 5.82 Å². The number of benzene rings is 1. The van der Waals surface area contributed by atoms with Gasteiger partial charge in [-0.2, -0.15) is 0 Å². The predicted molar refractivity (Wildman–Crippen MR) is 125 cm³/mol. The molecular formula is C20H33FIN5O2. The molecule has 1 aromatic carbocycles. The number of aliphatic imine (C=N–C) groups is 1. The lowest BCUT2D eigenvalue weighted by molar-refractivity contribution is -0.123. The number of nitrogens with zero attached hydrogens (tertiary/aromatic N) is 3. The van der Waals surface area contributed by atoms with Crippen molar-refractivity contribution < 1.29 is 13.9 Å². The molecule has 164 valence electrons. The molecule has 0 aromatic heterocycles. The molecule has 0 bridgehead atoms. The molecule has 0 saturated carbocycles. The molecule has 0 aliphatic carbocycles. The zero-order chi connectivity index (χ0) is 20.5. The zero-order valence-electron chi connectivity index (χ0n) is 17.7. The van der Waals surface area contributed by atoms with Gasteiger partial charge >= 0.3 is 0 Å². The first-order valence-electron chi connectivity index (χ1n) is 9.77. The molecule has 1 unspecified atom stereocenters. The van der Waals surface area contributed by atoms with Crippen molar-refractivity contribution in [2.45, 2.75) is 32.9 Å². The zero-order valence-corrected chi connectivity index (χ0v) is 20.0. The minimum absolute atomic E-state index is 0. The fraction of sp³-hybridized carbons (Fsp3) is 0.600. The van der Waals surface area contributed by atoms with Crippen molar-refractivity contribution in [1.82, 2.24) is 20.4 Å². The molecule has 2 rings (SSSR count). The van der Waals surface area contributed by atoms with Gasteiger partial charge in [-0.3, -0.25) is 14.7 Å². The highest BCUT2D eigenvalue weighted by molar-refractivity contribution is 14.0. The number of guanidine groups is 1. The molecule has 9 heteroatoms. The summed E-state index contributed by atoms with van der Waals surface area (Å²) < 4.78 is 19.3. The summed E-state index contributed by atoms with van der Waals surface area (Å²) in [5, 5.41) is 6.21. The van der Waals surface area contributed by atoms with Crippen LogP contribution >= 0.6 is 24.0 Å². The smallest absolute Gasteiger partial charge is 0.234 e. The first kappa shape index (κ1) is 25.4. The van der Waals surface area contributed by atoms with Gasteiger partial charge in [0.15, 0.2) is 17.5 Å². The Bertz CT molecular complexity index is 666. The van der Waals surface area contributed by atoms with Crippen LogP contribution in [-0.4, -0.2) is 80.1 Å². The van der Waals surface area contributed by atoms with Crippen LogP contribution in [0.4, 0.5) is 4.39 Å². The summed E-state index contributed by atoms with van der Waals surface area (Å²) in [5.74, 6) is 0.733. The maximum Gasteiger partial charge on any atom is 0.234 e. The summed E-state index contributed by atoms with van der Waals surface area (Å²) in [7, 11) is 1.74. The van der Waals surface area contributed by atoms with E-state index in [4.69, 9.17) is 4.74 Å². The van der Waals surface area contributed by atoms with Gasteiger partial charge in [-0.05, 0) is 32.9 Å². The molecule has 0 radical (unpaired) electrons. The minimum atomic E-state index is -0.364. The second-order valence-corrected chi connectivity index (χ2v) is 7.27. The summed E-state index contributed by atoms with van der Waals surface area (Å²) >= 11 is 0. The molecule has 2 N–H and O–H groups in total. The monoisotopic (exact) mass is 521 g/mol. The van der Waals surface area contributed by atoms with Gasteiger partial charge in [0.1, 0.15) is 6.10 Å². The fourth-order valence-corrected chi connectivity index (χ4v) is 3.05. The average Bonchev–Trinajstić information content (AvgIpc) is 2.64. The highest BCUT2D eigenvalue weighted by Gasteiger charge is 2.21. The Morgan fingerprint density at radius 3 is 2.45 bits per heavy atom. The number of hydrogen-bond acceptors (Lipinski definition) is 4. The number of piperazine rings is 1. The predicted octanol–water partition coefficient (Wildman–Crippen LogP) is 1.93. The first-order valence-corrected chi connectivity index (χ1v) is 9.77. The molecule has 1 atom stereocenters. The number of carbonyl (C=O) groups excluding carboxylic acids is 1. The summed E-state index contributed by atoms with van der Waals surface area (Å²) in [5.41, 5.74) is 0. The third kappa shape index (κ3) is 8.73. The van der Waals surface area contributed by atoms with E-state index >= 15 is 0 Å². The number of nitrogens with one attached hydrogen (secondary N) is 2. The van der Waals surface area contributed by atoms with Crippen LogP contribution in [0.3, 0.4) is 0 Å². The van der Waals surface area contributed by atoms with Gasteiger partial charge in [0.2, 0.25) is 5.91 Å². The molecule has 29 heavy (non-hydrogen) atoms. The summed E-state index contributed by atoms with van der Waals surface area (Å²) in [6.07, 6.45) is -0.213. The van der Waals surface area contributed by atoms with Gasteiger partial charge in [-0.25, -0.2) is 4.39 Å². The molecule has 7 nitrogen and oxygen atoms in total. The van der Waals surface area contributed by atoms with Crippen LogP contribution < -0.4 is 15.4 Å². The van der Waals surface area contributed by atoms with Gasteiger partial charge < -0.3 is 20.3 Å². The average molecular weight is 521 g/mol. The van der Waals surface area contributed by atoms with Gasteiger partial charge in [0.25, 0.3) is 0 Å². The van der Waals surface area contributed by atoms with E-state index in [-0.39, 0.29) is 53.6 Å². The maximum absolute atomic E-state index is 13.7. The van der Waals surface area contributed by atoms with E-state index in [1.807, 2.05) is 20.8 Å². The Morgan fingerprint density at radius 1 is 1.21 bits per heavy atom. The number of para-hydroxylation sites is 1. The molecule has 1 aliphatic rings. The number of ether oxygens (including phenoxy) is 1. The highest BCUT2D eigenvalue weighted by Crippen LogP contribution is 2.16. The quantitative estimate of drug-likeness (QED) is 0.326. The molecule has 1 aliphatic heterocycles. The Kier molecular flexibility index (Phi) is 11.3. The van der Waals surface area contributed by atoms with Crippen molar-refractivity contribution in [3.63, 3.8) is 0 Å². The van der Waals surface area contributed by atoms with Crippen LogP contribution in [0.1, 0.15) is 20.8 Å². The van der Waals surface area contributed by atoms with Crippen LogP contribution in [0.15, 0.2) is 29.3 Å². The Morgan fingerprint density at radius 2 is 1.86 bits per heavy atom. The first-order chi connectivity index (χ1) is 13.4. The van der Waals surface area contributed by atoms with E-state index in [0.29, 0.717) is 13.1 Å². The summed E-state index contributed by atoms with van der Waals surface area (Å²) in [6.45, 7) is 9.92. The number of rotatable bonds is 7. The lowest BCUT2D eigenvalue weighted by Crippen LogP contribution is -2.55. The third-order valence-corrected chi connectivity index (χ3v) is 4.41. The summed E-state index contributed by atoms with van der Waals surface area (Å²) in [6, 6.07) is 6.55. The van der Waals surface area contributed by atoms with Crippen LogP contribution in [0.5, 0.6) is 5.75 Å². The number of hydrogen-bond donors (Lipinski definition) is 2. The van der Waals surface area contributed by atoms with Crippen LogP contribution in [-0.2, 0) is 4.79 Å². The van der Waals surface area contributed by atoms with E-state index in [1.165, 1.54) is 6.07 Å². The second kappa shape index (κ2) is 12.8. The molecule has 1 heterocycles. The van der Waals surface area contributed by atoms with Gasteiger partial charge in [-0.15, -0.1) is 24.0 Å². The number of halogens is 2. The van der Waals surface area contributed by atoms with Crippen molar-refractivity contribution in [1.29, 1.82) is 0 Å². The Balaban J connectivity index is 0.00000420. The van der Waals surface area contributed by atoms with E-state index in [0.717, 1.165) is 32.1 Å². The van der Waals surface area contributed by atoms with Gasteiger partial charge in [-0.1, -0.05) is 12.1 Å². The number of amides is 1. The van der Waals surface area contributed by atoms with Crippen molar-refractivity contribution in [2.75, 3.05) is 46.3 Å². The number of carbonyl (C=O) groups is 1. The van der Waals surface area contributed by atoms with Crippen LogP contribution in [0.2, 0.25) is 0 Å². The largest absolute Gasteiger partial charge is 0.486 e. The maximum atomic E-state index is 13.7. The van der Waals surface area contributed by atoms with E-state index in [1.54, 1.807) is 25.2 Å². The second-order valence-electron chi connectivity index (χ2n) is 7.27. The molecule has 1 fully saturated rings. The SMILES string of the molecule is CN=C(NCC(C)Oc1ccccc1F)N1CCN(CC(=O)NC(C)C)CC1.I. The molecule has 1 aromatic rings. The standard InChI is InChI=1S/C20H32FN5O2.HI/c1-15(2)24-19(27)14-25-9-11-26(12-10-25)20(22-4)23-13-16(3)28-18-8-6-5-7-17(18)21;/h5-8,15-16H,9-14H2,1-4H3,(H,22,23)(H,24,27);1H. The topological polar surface area (TPSA) is 69.2 Å². The summed E-state index contributed by atoms with van der Waals surface area (Å²) in [4.78, 5) is 20.5.